The molecule has 3 heterocycles. The second kappa shape index (κ2) is 8.35. The molecule has 1 N–H and O–H groups in total. The Labute approximate surface area is 180 Å². The van der Waals surface area contributed by atoms with Crippen LogP contribution in [0.15, 0.2) is 57.6 Å². The first kappa shape index (κ1) is 19.6. The minimum Gasteiger partial charge on any atom is -0.462 e. The van der Waals surface area contributed by atoms with Crippen LogP contribution < -0.4 is 0 Å². The van der Waals surface area contributed by atoms with Crippen LogP contribution in [-0.4, -0.2) is 27.5 Å². The third-order valence-electron chi connectivity index (χ3n) is 4.27. The molecule has 30 heavy (non-hydrogen) atoms. The maximum absolute atomic E-state index is 11.8. The molecule has 0 aliphatic rings. The number of allylic oxidation sites excluding steroid dienone is 1. The van der Waals surface area contributed by atoms with E-state index in [1.807, 2.05) is 6.07 Å². The fourth-order valence-electron chi connectivity index (χ4n) is 2.87. The van der Waals surface area contributed by atoms with Crippen molar-refractivity contribution in [1.29, 1.82) is 5.26 Å². The molecular formula is C22H15BrN4O3. The van der Waals surface area contributed by atoms with Crippen molar-refractivity contribution in [2.45, 2.75) is 6.92 Å². The number of furan rings is 1. The third-order valence-corrected chi connectivity index (χ3v) is 4.71. The number of aromatic nitrogens is 3. The number of halogens is 1. The number of nitrogens with zero attached hydrogens (tertiary/aromatic N) is 3. The SMILES string of the molecule is CCOC(=O)c1ccc(-c2ccc(C=C(C#N)c3nc4ncc(Br)cc4[nH]3)o2)cc1. The maximum Gasteiger partial charge on any atom is 0.338 e. The Morgan fingerprint density at radius 2 is 2.10 bits per heavy atom. The minimum atomic E-state index is -0.363. The van der Waals surface area contributed by atoms with Crippen LogP contribution in [0.25, 0.3) is 34.1 Å². The van der Waals surface area contributed by atoms with Crippen LogP contribution in [0.3, 0.4) is 0 Å². The van der Waals surface area contributed by atoms with E-state index in [1.165, 1.54) is 0 Å². The molecule has 1 aromatic carbocycles. The van der Waals surface area contributed by atoms with E-state index in [0.29, 0.717) is 40.7 Å². The molecule has 3 aromatic heterocycles. The molecular weight excluding hydrogens is 448 g/mol. The van der Waals surface area contributed by atoms with Gasteiger partial charge >= 0.3 is 5.97 Å². The molecule has 0 unspecified atom stereocenters. The van der Waals surface area contributed by atoms with Crippen LogP contribution >= 0.6 is 15.9 Å². The fourth-order valence-corrected chi connectivity index (χ4v) is 3.20. The highest BCUT2D eigenvalue weighted by molar-refractivity contribution is 9.10. The van der Waals surface area contributed by atoms with Gasteiger partial charge < -0.3 is 14.1 Å². The molecule has 148 valence electrons. The van der Waals surface area contributed by atoms with Crippen molar-refractivity contribution in [3.05, 3.63) is 70.3 Å². The highest BCUT2D eigenvalue weighted by Gasteiger charge is 2.12. The van der Waals surface area contributed by atoms with Crippen LogP contribution in [0.2, 0.25) is 0 Å². The van der Waals surface area contributed by atoms with E-state index >= 15 is 0 Å². The molecule has 0 spiro atoms. The van der Waals surface area contributed by atoms with Gasteiger partial charge in [0.15, 0.2) is 11.5 Å². The number of nitrogens with one attached hydrogen (secondary N) is 1. The minimum absolute atomic E-state index is 0.322. The van der Waals surface area contributed by atoms with Crippen molar-refractivity contribution >= 4 is 44.7 Å². The van der Waals surface area contributed by atoms with E-state index in [2.05, 4.69) is 37.0 Å². The lowest BCUT2D eigenvalue weighted by atomic mass is 10.1. The number of aromatic amines is 1. The lowest BCUT2D eigenvalue weighted by molar-refractivity contribution is 0.0526. The highest BCUT2D eigenvalue weighted by Crippen LogP contribution is 2.26. The summed E-state index contributed by atoms with van der Waals surface area (Å²) in [4.78, 5) is 23.4. The largest absolute Gasteiger partial charge is 0.462 e. The predicted octanol–water partition coefficient (Wildman–Crippen LogP) is 5.22. The van der Waals surface area contributed by atoms with Gasteiger partial charge in [-0.25, -0.2) is 14.8 Å². The zero-order valence-corrected chi connectivity index (χ0v) is 17.4. The predicted molar refractivity (Wildman–Crippen MR) is 115 cm³/mol. The molecule has 4 aromatic rings. The van der Waals surface area contributed by atoms with Gasteiger partial charge in [-0.15, -0.1) is 0 Å². The van der Waals surface area contributed by atoms with Crippen molar-refractivity contribution in [2.24, 2.45) is 0 Å². The van der Waals surface area contributed by atoms with E-state index in [9.17, 15) is 10.1 Å². The van der Waals surface area contributed by atoms with Gasteiger partial charge in [-0.05, 0) is 53.2 Å². The monoisotopic (exact) mass is 462 g/mol. The number of hydrogen-bond acceptors (Lipinski definition) is 6. The number of carbonyl (C=O) groups excluding carboxylic acids is 1. The summed E-state index contributed by atoms with van der Waals surface area (Å²) in [7, 11) is 0. The highest BCUT2D eigenvalue weighted by atomic mass is 79.9. The summed E-state index contributed by atoms with van der Waals surface area (Å²) >= 11 is 3.36. The van der Waals surface area contributed by atoms with E-state index in [-0.39, 0.29) is 5.97 Å². The average molecular weight is 463 g/mol. The Bertz CT molecular complexity index is 1300. The molecule has 0 saturated carbocycles. The lowest BCUT2D eigenvalue weighted by Crippen LogP contribution is -2.03. The second-order valence-corrected chi connectivity index (χ2v) is 7.20. The van der Waals surface area contributed by atoms with Gasteiger partial charge in [0.1, 0.15) is 17.6 Å². The Morgan fingerprint density at radius 1 is 1.30 bits per heavy atom. The van der Waals surface area contributed by atoms with Gasteiger partial charge in [0.2, 0.25) is 0 Å². The van der Waals surface area contributed by atoms with Crippen molar-refractivity contribution in [1.82, 2.24) is 15.0 Å². The summed E-state index contributed by atoms with van der Waals surface area (Å²) in [5.74, 6) is 1.17. The van der Waals surface area contributed by atoms with Crippen LogP contribution in [-0.2, 0) is 4.74 Å². The number of H-pyrrole nitrogens is 1. The van der Waals surface area contributed by atoms with Crippen molar-refractivity contribution < 1.29 is 13.9 Å². The van der Waals surface area contributed by atoms with Crippen LogP contribution in [0.1, 0.15) is 28.9 Å². The average Bonchev–Trinajstić information content (AvgIpc) is 3.39. The number of benzene rings is 1. The van der Waals surface area contributed by atoms with Crippen molar-refractivity contribution in [3.63, 3.8) is 0 Å². The van der Waals surface area contributed by atoms with Gasteiger partial charge in [-0.1, -0.05) is 12.1 Å². The Hall–Kier alpha value is -3.70. The summed E-state index contributed by atoms with van der Waals surface area (Å²) in [5.41, 5.74) is 2.85. The van der Waals surface area contributed by atoms with Gasteiger partial charge in [-0.2, -0.15) is 5.26 Å². The fraction of sp³-hybridized carbons (Fsp3) is 0.0909. The quantitative estimate of drug-likeness (QED) is 0.321. The molecule has 8 heteroatoms. The summed E-state index contributed by atoms with van der Waals surface area (Å²) in [5, 5.41) is 9.58. The molecule has 0 amide bonds. The number of hydrogen-bond donors (Lipinski definition) is 1. The van der Waals surface area contributed by atoms with Crippen molar-refractivity contribution in [3.8, 4) is 17.4 Å². The first-order valence-electron chi connectivity index (χ1n) is 9.08. The molecule has 0 atom stereocenters. The van der Waals surface area contributed by atoms with Crippen LogP contribution in [0.5, 0.6) is 0 Å². The molecule has 0 saturated heterocycles. The Morgan fingerprint density at radius 3 is 2.83 bits per heavy atom. The number of nitriles is 1. The first-order valence-corrected chi connectivity index (χ1v) is 9.87. The van der Waals surface area contributed by atoms with E-state index in [1.54, 1.807) is 55.6 Å². The normalized spacial score (nSPS) is 11.4. The molecule has 0 fully saturated rings. The topological polar surface area (TPSA) is 105 Å². The number of pyridine rings is 1. The number of esters is 1. The summed E-state index contributed by atoms with van der Waals surface area (Å²) < 4.78 is 11.7. The third kappa shape index (κ3) is 4.02. The van der Waals surface area contributed by atoms with Gasteiger partial charge in [0.25, 0.3) is 0 Å². The Kier molecular flexibility index (Phi) is 5.46. The standard InChI is InChI=1S/C22H15BrN4O3/c1-2-29-22(28)14-5-3-13(4-6-14)19-8-7-17(30-19)9-15(11-24)20-26-18-10-16(23)12-25-21(18)27-20/h3-10,12H,2H2,1H3,(H,25,26,27). The lowest BCUT2D eigenvalue weighted by Gasteiger charge is -2.02. The molecule has 0 aliphatic heterocycles. The summed E-state index contributed by atoms with van der Waals surface area (Å²) in [6.07, 6.45) is 3.26. The molecule has 0 aliphatic carbocycles. The number of rotatable bonds is 5. The molecule has 4 rings (SSSR count). The van der Waals surface area contributed by atoms with Gasteiger partial charge in [-0.3, -0.25) is 0 Å². The second-order valence-electron chi connectivity index (χ2n) is 6.28. The van der Waals surface area contributed by atoms with Gasteiger partial charge in [0.05, 0.1) is 23.3 Å². The number of ether oxygens (including phenoxy) is 1. The summed E-state index contributed by atoms with van der Waals surface area (Å²) in [6, 6.07) is 14.5. The van der Waals surface area contributed by atoms with Gasteiger partial charge in [0, 0.05) is 22.3 Å². The number of carbonyl (C=O) groups is 1. The molecule has 0 radical (unpaired) electrons. The maximum atomic E-state index is 11.8. The number of fused-ring (bicyclic) bond motifs is 1. The number of imidazole rings is 1. The molecule has 0 bridgehead atoms. The Balaban J connectivity index is 1.60. The zero-order chi connectivity index (χ0) is 21.1. The van der Waals surface area contributed by atoms with Crippen LogP contribution in [0.4, 0.5) is 0 Å². The van der Waals surface area contributed by atoms with E-state index < -0.39 is 0 Å². The van der Waals surface area contributed by atoms with Crippen LogP contribution in [0, 0.1) is 11.3 Å². The smallest absolute Gasteiger partial charge is 0.338 e. The van der Waals surface area contributed by atoms with Crippen molar-refractivity contribution in [2.75, 3.05) is 6.61 Å². The van der Waals surface area contributed by atoms with E-state index in [4.69, 9.17) is 9.15 Å². The zero-order valence-electron chi connectivity index (χ0n) is 15.8. The molecule has 7 nitrogen and oxygen atoms in total. The summed E-state index contributed by atoms with van der Waals surface area (Å²) in [6.45, 7) is 2.09. The first-order chi connectivity index (χ1) is 14.6. The van der Waals surface area contributed by atoms with E-state index in [0.717, 1.165) is 15.6 Å².